The average Bonchev–Trinajstić information content (AvgIpc) is 2.41. The Morgan fingerprint density at radius 2 is 2.07 bits per heavy atom. The van der Waals surface area contributed by atoms with E-state index in [2.05, 4.69) is 4.98 Å². The highest BCUT2D eigenvalue weighted by atomic mass is 35.5. The Balaban J connectivity index is 2.87. The fraction of sp³-hybridized carbons (Fsp3) is 0.125. The maximum atomic E-state index is 9.06. The topological polar surface area (TPSA) is 37.5 Å². The molecule has 3 nitrogen and oxygen atoms in total. The minimum absolute atomic E-state index is 0.212. The van der Waals surface area contributed by atoms with E-state index in [4.69, 9.17) is 39.9 Å². The molecule has 0 saturated heterocycles. The van der Waals surface area contributed by atoms with Crippen LogP contribution in [0.15, 0.2) is 12.3 Å². The van der Waals surface area contributed by atoms with Crippen LogP contribution in [0.4, 0.5) is 0 Å². The smallest absolute Gasteiger partial charge is 0.157 e. The maximum absolute atomic E-state index is 9.06. The fourth-order valence-corrected chi connectivity index (χ4v) is 1.98. The van der Waals surface area contributed by atoms with Crippen molar-refractivity contribution in [3.63, 3.8) is 0 Å². The van der Waals surface area contributed by atoms with Crippen molar-refractivity contribution in [3.05, 3.63) is 33.2 Å². The van der Waals surface area contributed by atoms with E-state index in [0.717, 1.165) is 0 Å². The monoisotopic (exact) mass is 250 g/mol. The number of aliphatic hydroxyl groups is 1. The first-order valence-electron chi connectivity index (χ1n) is 3.76. The summed E-state index contributed by atoms with van der Waals surface area (Å²) >= 11 is 17.5. The van der Waals surface area contributed by atoms with Crippen LogP contribution in [0.25, 0.3) is 5.65 Å². The zero-order valence-electron chi connectivity index (χ0n) is 6.84. The summed E-state index contributed by atoms with van der Waals surface area (Å²) in [6, 6.07) is 1.57. The number of nitrogens with zero attached hydrogens (tertiary/aromatic N) is 2. The summed E-state index contributed by atoms with van der Waals surface area (Å²) in [5.41, 5.74) is 0.969. The van der Waals surface area contributed by atoms with Gasteiger partial charge in [-0.05, 0) is 6.07 Å². The summed E-state index contributed by atoms with van der Waals surface area (Å²) in [6.07, 6.45) is 1.60. The third-order valence-corrected chi connectivity index (χ3v) is 2.63. The van der Waals surface area contributed by atoms with E-state index in [1.165, 1.54) is 0 Å². The summed E-state index contributed by atoms with van der Waals surface area (Å²) in [5.74, 6) is 0. The Labute approximate surface area is 94.8 Å². The lowest BCUT2D eigenvalue weighted by atomic mass is 10.4. The molecule has 2 aromatic heterocycles. The van der Waals surface area contributed by atoms with Gasteiger partial charge in [-0.3, -0.25) is 4.40 Å². The third kappa shape index (κ3) is 1.46. The molecule has 1 N–H and O–H groups in total. The molecule has 2 aromatic rings. The van der Waals surface area contributed by atoms with Crippen LogP contribution >= 0.6 is 34.8 Å². The summed E-state index contributed by atoms with van der Waals surface area (Å²) in [7, 11) is 0. The second-order valence-corrected chi connectivity index (χ2v) is 3.91. The molecule has 0 saturated carbocycles. The van der Waals surface area contributed by atoms with Crippen molar-refractivity contribution in [2.24, 2.45) is 0 Å². The van der Waals surface area contributed by atoms with Gasteiger partial charge < -0.3 is 5.11 Å². The summed E-state index contributed by atoms with van der Waals surface area (Å²) in [6.45, 7) is -0.212. The molecule has 6 heteroatoms. The van der Waals surface area contributed by atoms with Gasteiger partial charge in [0.05, 0.1) is 22.3 Å². The predicted molar refractivity (Wildman–Crippen MR) is 56.1 cm³/mol. The molecule has 2 rings (SSSR count). The van der Waals surface area contributed by atoms with Crippen LogP contribution in [-0.2, 0) is 6.61 Å². The van der Waals surface area contributed by atoms with Gasteiger partial charge in [-0.15, -0.1) is 0 Å². The van der Waals surface area contributed by atoms with Gasteiger partial charge in [0.15, 0.2) is 10.8 Å². The van der Waals surface area contributed by atoms with Gasteiger partial charge in [0, 0.05) is 6.20 Å². The van der Waals surface area contributed by atoms with Crippen LogP contribution in [-0.4, -0.2) is 14.5 Å². The lowest BCUT2D eigenvalue weighted by Gasteiger charge is -2.00. The van der Waals surface area contributed by atoms with Gasteiger partial charge in [0.1, 0.15) is 0 Å². The van der Waals surface area contributed by atoms with Crippen molar-refractivity contribution in [3.8, 4) is 0 Å². The van der Waals surface area contributed by atoms with Gasteiger partial charge in [-0.1, -0.05) is 34.8 Å². The van der Waals surface area contributed by atoms with Crippen LogP contribution in [0, 0.1) is 0 Å². The molecular weight excluding hydrogens is 246 g/mol. The van der Waals surface area contributed by atoms with Crippen LogP contribution in [0.5, 0.6) is 0 Å². The molecule has 0 aliphatic rings. The number of aliphatic hydroxyl groups excluding tert-OH is 1. The molecule has 0 amide bonds. The second kappa shape index (κ2) is 3.59. The minimum Gasteiger partial charge on any atom is -0.390 e. The predicted octanol–water partition coefficient (Wildman–Crippen LogP) is 2.79. The highest BCUT2D eigenvalue weighted by molar-refractivity contribution is 6.37. The molecule has 14 heavy (non-hydrogen) atoms. The van der Waals surface area contributed by atoms with Crippen molar-refractivity contribution in [1.29, 1.82) is 0 Å². The molecule has 0 aromatic carbocycles. The first-order chi connectivity index (χ1) is 6.63. The Hall–Kier alpha value is -0.480. The fourth-order valence-electron chi connectivity index (χ4n) is 1.23. The number of rotatable bonds is 1. The summed E-state index contributed by atoms with van der Waals surface area (Å²) in [4.78, 5) is 4.00. The van der Waals surface area contributed by atoms with Gasteiger partial charge in [-0.2, -0.15) is 0 Å². The Bertz CT molecular complexity index is 495. The molecule has 74 valence electrons. The first kappa shape index (κ1) is 10.1. The average molecular weight is 252 g/mol. The molecule has 0 aliphatic heterocycles. The number of hydrogen-bond acceptors (Lipinski definition) is 2. The first-order valence-corrected chi connectivity index (χ1v) is 4.89. The van der Waals surface area contributed by atoms with E-state index in [9.17, 15) is 0 Å². The molecule has 0 bridgehead atoms. The lowest BCUT2D eigenvalue weighted by Crippen LogP contribution is -1.92. The third-order valence-electron chi connectivity index (χ3n) is 1.84. The van der Waals surface area contributed by atoms with E-state index in [1.54, 1.807) is 16.7 Å². The van der Waals surface area contributed by atoms with Gasteiger partial charge >= 0.3 is 0 Å². The van der Waals surface area contributed by atoms with E-state index >= 15 is 0 Å². The quantitative estimate of drug-likeness (QED) is 0.846. The molecule has 2 heterocycles. The van der Waals surface area contributed by atoms with Crippen molar-refractivity contribution in [2.45, 2.75) is 6.61 Å². The van der Waals surface area contributed by atoms with Gasteiger partial charge in [0.25, 0.3) is 0 Å². The van der Waals surface area contributed by atoms with Crippen molar-refractivity contribution in [1.82, 2.24) is 9.38 Å². The van der Waals surface area contributed by atoms with Crippen molar-refractivity contribution in [2.75, 3.05) is 0 Å². The van der Waals surface area contributed by atoms with Crippen molar-refractivity contribution >= 4 is 40.4 Å². The number of fused-ring (bicyclic) bond motifs is 1. The maximum Gasteiger partial charge on any atom is 0.157 e. The Morgan fingerprint density at radius 3 is 2.71 bits per heavy atom. The van der Waals surface area contributed by atoms with Crippen LogP contribution in [0.2, 0.25) is 15.2 Å². The van der Waals surface area contributed by atoms with E-state index in [0.29, 0.717) is 21.4 Å². The van der Waals surface area contributed by atoms with E-state index in [-0.39, 0.29) is 11.8 Å². The number of imidazole rings is 1. The standard InChI is InChI=1S/C8H5Cl3N2O/c9-4-1-5(10)8-12-7(11)6(3-14)13(8)2-4/h1-2,14H,3H2. The highest BCUT2D eigenvalue weighted by Gasteiger charge is 2.12. The van der Waals surface area contributed by atoms with Gasteiger partial charge in [0.2, 0.25) is 0 Å². The van der Waals surface area contributed by atoms with Crippen LogP contribution in [0.1, 0.15) is 5.69 Å². The molecule has 0 atom stereocenters. The lowest BCUT2D eigenvalue weighted by molar-refractivity contribution is 0.276. The van der Waals surface area contributed by atoms with E-state index < -0.39 is 0 Å². The number of aromatic nitrogens is 2. The molecule has 0 unspecified atom stereocenters. The highest BCUT2D eigenvalue weighted by Crippen LogP contribution is 2.26. The minimum atomic E-state index is -0.212. The molecule has 0 fully saturated rings. The van der Waals surface area contributed by atoms with Crippen LogP contribution in [0.3, 0.4) is 0 Å². The number of hydrogen-bond donors (Lipinski definition) is 1. The molecule has 0 radical (unpaired) electrons. The largest absolute Gasteiger partial charge is 0.390 e. The zero-order chi connectivity index (χ0) is 10.3. The van der Waals surface area contributed by atoms with Crippen molar-refractivity contribution < 1.29 is 5.11 Å². The normalized spacial score (nSPS) is 11.1. The molecular formula is C8H5Cl3N2O. The summed E-state index contributed by atoms with van der Waals surface area (Å²) in [5, 5.41) is 10.2. The molecule has 0 spiro atoms. The summed E-state index contributed by atoms with van der Waals surface area (Å²) < 4.78 is 1.58. The SMILES string of the molecule is OCc1c(Cl)nc2c(Cl)cc(Cl)cn12. The number of pyridine rings is 1. The Kier molecular flexibility index (Phi) is 2.58. The Morgan fingerprint density at radius 1 is 1.36 bits per heavy atom. The molecule has 0 aliphatic carbocycles. The zero-order valence-corrected chi connectivity index (χ0v) is 9.11. The van der Waals surface area contributed by atoms with E-state index in [1.807, 2.05) is 0 Å². The number of halogens is 3. The van der Waals surface area contributed by atoms with Gasteiger partial charge in [-0.25, -0.2) is 4.98 Å². The van der Waals surface area contributed by atoms with Crippen LogP contribution < -0.4 is 0 Å². The second-order valence-electron chi connectivity index (χ2n) is 2.71.